The Morgan fingerprint density at radius 1 is 2.00 bits per heavy atom. The summed E-state index contributed by atoms with van der Waals surface area (Å²) in [6.07, 6.45) is 0. The van der Waals surface area contributed by atoms with Gasteiger partial charge in [0.25, 0.3) is 0 Å². The average Bonchev–Trinajstić information content (AvgIpc) is 1.38. The van der Waals surface area contributed by atoms with E-state index in [1.54, 1.807) is 0 Å². The maximum atomic E-state index is 9.26. The third-order valence-corrected chi connectivity index (χ3v) is 0.441. The van der Waals surface area contributed by atoms with Crippen molar-refractivity contribution in [3.63, 3.8) is 0 Å². The Kier molecular flexibility index (Phi) is 2.49. The van der Waals surface area contributed by atoms with Crippen LogP contribution in [0.3, 0.4) is 0 Å². The van der Waals surface area contributed by atoms with Gasteiger partial charge in [-0.1, -0.05) is 0 Å². The van der Waals surface area contributed by atoms with Gasteiger partial charge in [-0.25, -0.2) is 0 Å². The fourth-order valence-electron chi connectivity index (χ4n) is 0. The van der Waals surface area contributed by atoms with Gasteiger partial charge < -0.3 is 0 Å². The van der Waals surface area contributed by atoms with E-state index in [1.807, 2.05) is 0 Å². The van der Waals surface area contributed by atoms with E-state index in [2.05, 4.69) is 4.14 Å². The molecule has 0 aromatic rings. The van der Waals surface area contributed by atoms with Crippen molar-refractivity contribution in [2.75, 3.05) is 0 Å². The van der Waals surface area contributed by atoms with Crippen molar-refractivity contribution in [1.82, 2.24) is 0 Å². The molecule has 35 valence electrons. The summed E-state index contributed by atoms with van der Waals surface area (Å²) in [6.45, 7) is 0. The van der Waals surface area contributed by atoms with Crippen LogP contribution in [0.15, 0.2) is 0 Å². The summed E-state index contributed by atoms with van der Waals surface area (Å²) in [4.78, 5) is 9.26. The van der Waals surface area contributed by atoms with Crippen LogP contribution in [-0.4, -0.2) is 9.29 Å². The Hall–Kier alpha value is 0.170. The van der Waals surface area contributed by atoms with E-state index >= 15 is 0 Å². The zero-order valence-corrected chi connectivity index (χ0v) is 3.72. The Bertz CT molecular complexity index is 44.9. The van der Waals surface area contributed by atoms with Crippen LogP contribution in [0.2, 0.25) is 0 Å². The molecule has 0 heterocycles. The molecule has 0 aliphatic heterocycles. The van der Waals surface area contributed by atoms with Crippen LogP contribution in [0.1, 0.15) is 0 Å². The minimum atomic E-state index is -0.938. The van der Waals surface area contributed by atoms with E-state index in [1.165, 1.54) is 0 Å². The van der Waals surface area contributed by atoms with Gasteiger partial charge in [0.2, 0.25) is 0 Å². The molecule has 0 bridgehead atoms. The molecule has 3 N–H and O–H groups in total. The molecule has 0 aromatic carbocycles. The van der Waals surface area contributed by atoms with Crippen molar-refractivity contribution in [1.29, 1.82) is 0 Å². The van der Waals surface area contributed by atoms with Gasteiger partial charge in [-0.15, -0.1) is 0 Å². The number of carboxylic acid groups (broad SMARTS) is 1. The van der Waals surface area contributed by atoms with Gasteiger partial charge >= 0.3 is 38.2 Å². The van der Waals surface area contributed by atoms with Gasteiger partial charge in [-0.2, -0.15) is 0 Å². The molecule has 0 amide bonds. The van der Waals surface area contributed by atoms with Crippen LogP contribution >= 0.6 is 0 Å². The second kappa shape index (κ2) is 2.41. The predicted molar refractivity (Wildman–Crippen MR) is 12.2 cm³/mol. The van der Waals surface area contributed by atoms with Gasteiger partial charge in [-0.3, -0.25) is 0 Å². The normalized spacial score (nSPS) is 8.20. The van der Waals surface area contributed by atoms with Crippen molar-refractivity contribution < 1.29 is 29.9 Å². The molecule has 5 heavy (non-hydrogen) atoms. The standard InChI is InChI=1S/CHO2.Ag.H2N/c2-1-3;;/h(H,2,3);;1H2/q;+1;-1. The SMILES string of the molecule is [NH2][Ag][C](=O)O. The molecule has 4 heteroatoms. The van der Waals surface area contributed by atoms with Crippen molar-refractivity contribution in [3.05, 3.63) is 0 Å². The zero-order valence-electron chi connectivity index (χ0n) is 2.23. The molecular weight excluding hydrogens is 166 g/mol. The molecule has 0 saturated heterocycles. The van der Waals surface area contributed by atoms with Gasteiger partial charge in [0.1, 0.15) is 0 Å². The molecule has 3 nitrogen and oxygen atoms in total. The van der Waals surface area contributed by atoms with Crippen LogP contribution < -0.4 is 4.14 Å². The summed E-state index contributed by atoms with van der Waals surface area (Å²) in [5.74, 6) is 0. The van der Waals surface area contributed by atoms with E-state index in [4.69, 9.17) is 5.11 Å². The van der Waals surface area contributed by atoms with Crippen LogP contribution in [0, 0.1) is 0 Å². The fourth-order valence-corrected chi connectivity index (χ4v) is 0. The van der Waals surface area contributed by atoms with Gasteiger partial charge in [-0.05, 0) is 0 Å². The Morgan fingerprint density at radius 3 is 2.20 bits per heavy atom. The van der Waals surface area contributed by atoms with Crippen LogP contribution in [0.25, 0.3) is 0 Å². The van der Waals surface area contributed by atoms with Crippen LogP contribution in [0.4, 0.5) is 4.79 Å². The van der Waals surface area contributed by atoms with Crippen molar-refractivity contribution in [2.24, 2.45) is 4.14 Å². The molecule has 0 spiro atoms. The van der Waals surface area contributed by atoms with E-state index in [-0.39, 0.29) is 0 Å². The first kappa shape index (κ1) is 5.17. The number of carbonyl (C=O) groups is 1. The third kappa shape index (κ3) is 4.17. The Balaban J connectivity index is 2.85. The molecule has 0 rings (SSSR count). The Labute approximate surface area is 38.8 Å². The summed E-state index contributed by atoms with van der Waals surface area (Å²) < 4.78 is 3.66. The summed E-state index contributed by atoms with van der Waals surface area (Å²) >= 11 is -0.484. The predicted octanol–water partition coefficient (Wildman–Crippen LogP) is -0.379. The number of hydrogen-bond acceptors (Lipinski definition) is 2. The number of nitrogens with two attached hydrogens (primary N) is 1. The maximum absolute atomic E-state index is 9.26. The van der Waals surface area contributed by atoms with Crippen LogP contribution in [-0.2, 0) is 20.0 Å². The van der Waals surface area contributed by atoms with E-state index in [0.717, 1.165) is 0 Å². The second-order valence-corrected chi connectivity index (χ2v) is 1.37. The van der Waals surface area contributed by atoms with Crippen molar-refractivity contribution in [3.8, 4) is 0 Å². The van der Waals surface area contributed by atoms with Crippen molar-refractivity contribution >= 4 is 4.19 Å². The quantitative estimate of drug-likeness (QED) is 0.525. The van der Waals surface area contributed by atoms with Gasteiger partial charge in [0.05, 0.1) is 0 Å². The third-order valence-electron chi connectivity index (χ3n) is 0.0745. The van der Waals surface area contributed by atoms with Gasteiger partial charge in [0, 0.05) is 0 Å². The van der Waals surface area contributed by atoms with Gasteiger partial charge in [0.15, 0.2) is 0 Å². The molecule has 0 aliphatic carbocycles. The molecule has 0 saturated carbocycles. The molecular formula is CH3AgNO2. The van der Waals surface area contributed by atoms with E-state index < -0.39 is 24.2 Å². The zero-order chi connectivity index (χ0) is 4.28. The first-order valence-corrected chi connectivity index (χ1v) is 2.35. The summed E-state index contributed by atoms with van der Waals surface area (Å²) in [5.41, 5.74) is 0. The monoisotopic (exact) mass is 168 g/mol. The molecule has 0 atom stereocenters. The summed E-state index contributed by atoms with van der Waals surface area (Å²) in [6, 6.07) is 0. The van der Waals surface area contributed by atoms with Crippen molar-refractivity contribution in [2.45, 2.75) is 0 Å². The van der Waals surface area contributed by atoms with Crippen LogP contribution in [0.5, 0.6) is 0 Å². The van der Waals surface area contributed by atoms with E-state index in [0.29, 0.717) is 0 Å². The molecule has 0 fully saturated rings. The summed E-state index contributed by atoms with van der Waals surface area (Å²) in [5, 5.41) is 7.61. The molecule has 0 radical (unpaired) electrons. The number of rotatable bonds is 1. The fraction of sp³-hybridized carbons (Fsp3) is 0. The average molecular weight is 169 g/mol. The first-order valence-electron chi connectivity index (χ1n) is 0.753. The minimum absolute atomic E-state index is 0.484. The Morgan fingerprint density at radius 2 is 2.20 bits per heavy atom. The second-order valence-electron chi connectivity index (χ2n) is 0.307. The number of hydrogen-bond donors (Lipinski definition) is 2. The molecule has 0 aromatic heterocycles. The molecule has 0 unspecified atom stereocenters. The summed E-state index contributed by atoms with van der Waals surface area (Å²) in [7, 11) is 0. The van der Waals surface area contributed by atoms with E-state index in [9.17, 15) is 4.79 Å². The topological polar surface area (TPSA) is 63.3 Å². The molecule has 0 aliphatic rings. The first-order chi connectivity index (χ1) is 2.27.